The van der Waals surface area contributed by atoms with Gasteiger partial charge in [-0.05, 0) is 34.1 Å². The molecule has 0 spiro atoms. The van der Waals surface area contributed by atoms with Crippen LogP contribution in [0.15, 0.2) is 45.5 Å². The molecule has 0 fully saturated rings. The van der Waals surface area contributed by atoms with E-state index in [0.717, 1.165) is 4.47 Å². The standard InChI is InChI=1S/C13H14BrFN2O/c1-17(11-5-3-2-4-10(11)15)12(8-16)13-9(14)6-7-18-13/h2-7,12H,8,16H2,1H3. The number of hydrogen-bond acceptors (Lipinski definition) is 3. The molecule has 3 nitrogen and oxygen atoms in total. The Hall–Kier alpha value is -1.33. The lowest BCUT2D eigenvalue weighted by Crippen LogP contribution is -2.31. The molecule has 0 aliphatic rings. The molecule has 5 heteroatoms. The number of nitrogens with zero attached hydrogens (tertiary/aromatic N) is 1. The summed E-state index contributed by atoms with van der Waals surface area (Å²) in [6.07, 6.45) is 1.58. The Bertz CT molecular complexity index is 529. The third-order valence-corrected chi connectivity index (χ3v) is 3.53. The van der Waals surface area contributed by atoms with E-state index in [0.29, 0.717) is 18.0 Å². The predicted molar refractivity (Wildman–Crippen MR) is 73.0 cm³/mol. The molecule has 0 amide bonds. The molecule has 0 radical (unpaired) electrons. The van der Waals surface area contributed by atoms with E-state index >= 15 is 0 Å². The van der Waals surface area contributed by atoms with E-state index in [9.17, 15) is 4.39 Å². The van der Waals surface area contributed by atoms with Gasteiger partial charge in [0, 0.05) is 13.6 Å². The average molecular weight is 313 g/mol. The summed E-state index contributed by atoms with van der Waals surface area (Å²) in [7, 11) is 1.80. The third kappa shape index (κ3) is 2.42. The van der Waals surface area contributed by atoms with Crippen molar-refractivity contribution >= 4 is 21.6 Å². The summed E-state index contributed by atoms with van der Waals surface area (Å²) in [6.45, 7) is 0.330. The van der Waals surface area contributed by atoms with E-state index in [2.05, 4.69) is 15.9 Å². The predicted octanol–water partition coefficient (Wildman–Crippen LogP) is 3.32. The van der Waals surface area contributed by atoms with Gasteiger partial charge in [0.2, 0.25) is 0 Å². The van der Waals surface area contributed by atoms with Gasteiger partial charge in [0.25, 0.3) is 0 Å². The van der Waals surface area contributed by atoms with Gasteiger partial charge in [0.05, 0.1) is 16.4 Å². The van der Waals surface area contributed by atoms with Crippen LogP contribution in [0.2, 0.25) is 0 Å². The fourth-order valence-corrected chi connectivity index (χ4v) is 2.36. The van der Waals surface area contributed by atoms with Crippen LogP contribution in [0.1, 0.15) is 11.8 Å². The zero-order valence-corrected chi connectivity index (χ0v) is 11.5. The van der Waals surface area contributed by atoms with Crippen LogP contribution < -0.4 is 10.6 Å². The molecule has 1 atom stereocenters. The Morgan fingerprint density at radius 1 is 1.39 bits per heavy atom. The van der Waals surface area contributed by atoms with Crippen molar-refractivity contribution in [2.24, 2.45) is 5.73 Å². The van der Waals surface area contributed by atoms with Crippen molar-refractivity contribution < 1.29 is 8.81 Å². The summed E-state index contributed by atoms with van der Waals surface area (Å²) in [6, 6.07) is 8.18. The van der Waals surface area contributed by atoms with Crippen LogP contribution in [-0.2, 0) is 0 Å². The molecule has 1 aromatic carbocycles. The summed E-state index contributed by atoms with van der Waals surface area (Å²) < 4.78 is 20.0. The summed E-state index contributed by atoms with van der Waals surface area (Å²) in [5, 5.41) is 0. The van der Waals surface area contributed by atoms with Crippen molar-refractivity contribution in [3.8, 4) is 0 Å². The molecule has 0 aliphatic carbocycles. The second-order valence-electron chi connectivity index (χ2n) is 3.95. The van der Waals surface area contributed by atoms with Gasteiger partial charge in [-0.2, -0.15) is 0 Å². The van der Waals surface area contributed by atoms with Crippen molar-refractivity contribution in [2.75, 3.05) is 18.5 Å². The number of para-hydroxylation sites is 1. The maximum absolute atomic E-state index is 13.8. The number of likely N-dealkylation sites (N-methyl/N-ethyl adjacent to an activating group) is 1. The summed E-state index contributed by atoms with van der Waals surface area (Å²) in [5.74, 6) is 0.421. The minimum Gasteiger partial charge on any atom is -0.466 e. The Kier molecular flexibility index (Phi) is 4.04. The summed E-state index contributed by atoms with van der Waals surface area (Å²) >= 11 is 3.40. The van der Waals surface area contributed by atoms with Gasteiger partial charge in [-0.1, -0.05) is 12.1 Å². The summed E-state index contributed by atoms with van der Waals surface area (Å²) in [4.78, 5) is 1.78. The first-order chi connectivity index (χ1) is 8.65. The number of rotatable bonds is 4. The van der Waals surface area contributed by atoms with Gasteiger partial charge in [-0.3, -0.25) is 0 Å². The zero-order chi connectivity index (χ0) is 13.1. The van der Waals surface area contributed by atoms with E-state index in [1.165, 1.54) is 6.07 Å². The lowest BCUT2D eigenvalue weighted by atomic mass is 10.1. The second-order valence-corrected chi connectivity index (χ2v) is 4.80. The second kappa shape index (κ2) is 5.54. The van der Waals surface area contributed by atoms with E-state index in [4.69, 9.17) is 10.2 Å². The maximum atomic E-state index is 13.8. The quantitative estimate of drug-likeness (QED) is 0.941. The van der Waals surface area contributed by atoms with E-state index < -0.39 is 0 Å². The fourth-order valence-electron chi connectivity index (χ4n) is 1.89. The molecule has 96 valence electrons. The van der Waals surface area contributed by atoms with E-state index in [1.54, 1.807) is 42.5 Å². The minimum atomic E-state index is -0.277. The zero-order valence-electron chi connectivity index (χ0n) is 9.94. The van der Waals surface area contributed by atoms with Crippen LogP contribution in [0.25, 0.3) is 0 Å². The smallest absolute Gasteiger partial charge is 0.146 e. The molecule has 1 unspecified atom stereocenters. The average Bonchev–Trinajstić information content (AvgIpc) is 2.77. The van der Waals surface area contributed by atoms with Crippen molar-refractivity contribution in [3.63, 3.8) is 0 Å². The van der Waals surface area contributed by atoms with Crippen LogP contribution in [-0.4, -0.2) is 13.6 Å². The fraction of sp³-hybridized carbons (Fsp3) is 0.231. The lowest BCUT2D eigenvalue weighted by molar-refractivity contribution is 0.455. The Labute approximate surface area is 114 Å². The summed E-state index contributed by atoms with van der Waals surface area (Å²) in [5.41, 5.74) is 6.27. The highest BCUT2D eigenvalue weighted by molar-refractivity contribution is 9.10. The Morgan fingerprint density at radius 3 is 2.67 bits per heavy atom. The Morgan fingerprint density at radius 2 is 2.11 bits per heavy atom. The highest BCUT2D eigenvalue weighted by Crippen LogP contribution is 2.31. The molecule has 2 N–H and O–H groups in total. The molecule has 0 aliphatic heterocycles. The molecular weight excluding hydrogens is 299 g/mol. The number of anilines is 1. The van der Waals surface area contributed by atoms with Crippen LogP contribution in [0, 0.1) is 5.82 Å². The first kappa shape index (κ1) is 13.1. The van der Waals surface area contributed by atoms with Gasteiger partial charge in [-0.25, -0.2) is 4.39 Å². The van der Waals surface area contributed by atoms with Crippen molar-refractivity contribution in [2.45, 2.75) is 6.04 Å². The van der Waals surface area contributed by atoms with E-state index in [-0.39, 0.29) is 11.9 Å². The van der Waals surface area contributed by atoms with Crippen molar-refractivity contribution in [3.05, 3.63) is 52.6 Å². The molecule has 0 saturated heterocycles. The number of furan rings is 1. The van der Waals surface area contributed by atoms with E-state index in [1.807, 2.05) is 0 Å². The molecule has 0 saturated carbocycles. The first-order valence-electron chi connectivity index (χ1n) is 5.55. The number of hydrogen-bond donors (Lipinski definition) is 1. The Balaban J connectivity index is 2.35. The largest absolute Gasteiger partial charge is 0.466 e. The molecule has 2 rings (SSSR count). The molecule has 1 aromatic heterocycles. The molecule has 18 heavy (non-hydrogen) atoms. The number of benzene rings is 1. The van der Waals surface area contributed by atoms with Gasteiger partial charge < -0.3 is 15.1 Å². The molecule has 2 aromatic rings. The van der Waals surface area contributed by atoms with Crippen LogP contribution in [0.3, 0.4) is 0 Å². The highest BCUT2D eigenvalue weighted by Gasteiger charge is 2.23. The topological polar surface area (TPSA) is 42.4 Å². The highest BCUT2D eigenvalue weighted by atomic mass is 79.9. The van der Waals surface area contributed by atoms with Crippen LogP contribution in [0.4, 0.5) is 10.1 Å². The molecule has 1 heterocycles. The van der Waals surface area contributed by atoms with Gasteiger partial charge in [0.15, 0.2) is 0 Å². The first-order valence-corrected chi connectivity index (χ1v) is 6.34. The van der Waals surface area contributed by atoms with Gasteiger partial charge >= 0.3 is 0 Å². The monoisotopic (exact) mass is 312 g/mol. The normalized spacial score (nSPS) is 12.4. The van der Waals surface area contributed by atoms with Gasteiger partial charge in [0.1, 0.15) is 17.6 Å². The molecule has 0 bridgehead atoms. The van der Waals surface area contributed by atoms with Crippen LogP contribution in [0.5, 0.6) is 0 Å². The lowest BCUT2D eigenvalue weighted by Gasteiger charge is -2.28. The third-order valence-electron chi connectivity index (χ3n) is 2.87. The number of nitrogens with two attached hydrogens (primary N) is 1. The maximum Gasteiger partial charge on any atom is 0.146 e. The SMILES string of the molecule is CN(c1ccccc1F)C(CN)c1occc1Br. The molecular formula is C13H14BrFN2O. The van der Waals surface area contributed by atoms with Crippen molar-refractivity contribution in [1.29, 1.82) is 0 Å². The minimum absolute atomic E-state index is 0.216. The van der Waals surface area contributed by atoms with Crippen LogP contribution >= 0.6 is 15.9 Å². The number of halogens is 2. The van der Waals surface area contributed by atoms with Crippen molar-refractivity contribution in [1.82, 2.24) is 0 Å². The van der Waals surface area contributed by atoms with Gasteiger partial charge in [-0.15, -0.1) is 0 Å².